The highest BCUT2D eigenvalue weighted by Gasteiger charge is 2.29. The molecule has 29 heavy (non-hydrogen) atoms. The Labute approximate surface area is 187 Å². The summed E-state index contributed by atoms with van der Waals surface area (Å²) in [7, 11) is 0. The van der Waals surface area contributed by atoms with Gasteiger partial charge in [0, 0.05) is 32.7 Å². The van der Waals surface area contributed by atoms with Gasteiger partial charge in [-0.3, -0.25) is 9.59 Å². The Kier molecular flexibility index (Phi) is 7.98. The minimum atomic E-state index is -0.715. The SMILES string of the molecule is C[C@@H](C(=O)NC(C)(C)C)N(Cc1c(Cl)cccc1Cl)C(=O)Cc1cccc(Cl)c1. The number of benzene rings is 2. The van der Waals surface area contributed by atoms with Crippen molar-refractivity contribution in [3.05, 3.63) is 68.7 Å². The maximum absolute atomic E-state index is 13.2. The predicted octanol–water partition coefficient (Wildman–Crippen LogP) is 5.52. The lowest BCUT2D eigenvalue weighted by Crippen LogP contribution is -2.52. The third-order valence-corrected chi connectivity index (χ3v) is 5.24. The summed E-state index contributed by atoms with van der Waals surface area (Å²) in [6, 6.07) is 11.5. The number of nitrogens with one attached hydrogen (secondary N) is 1. The second kappa shape index (κ2) is 9.84. The molecule has 2 amide bonds. The smallest absolute Gasteiger partial charge is 0.242 e. The first-order valence-electron chi connectivity index (χ1n) is 9.27. The highest BCUT2D eigenvalue weighted by molar-refractivity contribution is 6.36. The lowest BCUT2D eigenvalue weighted by Gasteiger charge is -2.32. The standard InChI is InChI=1S/C22H25Cl3N2O2/c1-14(21(29)26-22(2,3)4)27(13-17-18(24)9-6-10-19(17)25)20(28)12-15-7-5-8-16(23)11-15/h5-11,14H,12-13H2,1-4H3,(H,26,29)/t14-/m0/s1. The summed E-state index contributed by atoms with van der Waals surface area (Å²) in [6.07, 6.45) is 0.107. The van der Waals surface area contributed by atoms with Crippen molar-refractivity contribution in [1.29, 1.82) is 0 Å². The summed E-state index contributed by atoms with van der Waals surface area (Å²) in [4.78, 5) is 27.5. The van der Waals surface area contributed by atoms with Crippen molar-refractivity contribution in [2.75, 3.05) is 0 Å². The summed E-state index contributed by atoms with van der Waals surface area (Å²) in [5, 5.41) is 4.36. The second-order valence-electron chi connectivity index (χ2n) is 7.94. The molecule has 156 valence electrons. The Morgan fingerprint density at radius 2 is 1.62 bits per heavy atom. The van der Waals surface area contributed by atoms with Gasteiger partial charge in [0.1, 0.15) is 6.04 Å². The lowest BCUT2D eigenvalue weighted by atomic mass is 10.1. The van der Waals surface area contributed by atoms with Crippen LogP contribution in [0.1, 0.15) is 38.8 Å². The van der Waals surface area contributed by atoms with Crippen LogP contribution in [-0.4, -0.2) is 28.3 Å². The molecule has 0 aliphatic carbocycles. The fourth-order valence-electron chi connectivity index (χ4n) is 2.83. The van der Waals surface area contributed by atoms with Gasteiger partial charge in [0.2, 0.25) is 11.8 Å². The average Bonchev–Trinajstić information content (AvgIpc) is 2.59. The minimum absolute atomic E-state index is 0.107. The van der Waals surface area contributed by atoms with Crippen LogP contribution in [0.25, 0.3) is 0 Å². The van der Waals surface area contributed by atoms with E-state index in [1.807, 2.05) is 26.8 Å². The van der Waals surface area contributed by atoms with Crippen molar-refractivity contribution in [2.45, 2.75) is 52.2 Å². The van der Waals surface area contributed by atoms with Gasteiger partial charge in [0.05, 0.1) is 6.42 Å². The summed E-state index contributed by atoms with van der Waals surface area (Å²) in [6.45, 7) is 7.49. The van der Waals surface area contributed by atoms with E-state index in [-0.39, 0.29) is 24.8 Å². The van der Waals surface area contributed by atoms with Gasteiger partial charge in [-0.15, -0.1) is 0 Å². The van der Waals surface area contributed by atoms with Gasteiger partial charge in [0.25, 0.3) is 0 Å². The van der Waals surface area contributed by atoms with Gasteiger partial charge in [-0.1, -0.05) is 53.0 Å². The monoisotopic (exact) mass is 454 g/mol. The Morgan fingerprint density at radius 3 is 2.17 bits per heavy atom. The number of carbonyl (C=O) groups excluding carboxylic acids is 2. The number of hydrogen-bond donors (Lipinski definition) is 1. The largest absolute Gasteiger partial charge is 0.350 e. The van der Waals surface area contributed by atoms with Gasteiger partial charge in [-0.05, 0) is 57.5 Å². The molecule has 1 N–H and O–H groups in total. The van der Waals surface area contributed by atoms with Crippen molar-refractivity contribution >= 4 is 46.6 Å². The molecular formula is C22H25Cl3N2O2. The van der Waals surface area contributed by atoms with Crippen LogP contribution in [0.3, 0.4) is 0 Å². The average molecular weight is 456 g/mol. The van der Waals surface area contributed by atoms with Crippen molar-refractivity contribution in [3.8, 4) is 0 Å². The molecule has 0 aromatic heterocycles. The van der Waals surface area contributed by atoms with Crippen LogP contribution in [0.5, 0.6) is 0 Å². The molecule has 0 aliphatic heterocycles. The number of hydrogen-bond acceptors (Lipinski definition) is 2. The highest BCUT2D eigenvalue weighted by Crippen LogP contribution is 2.27. The van der Waals surface area contributed by atoms with Gasteiger partial charge in [0.15, 0.2) is 0 Å². The Hall–Kier alpha value is -1.75. The molecular weight excluding hydrogens is 431 g/mol. The summed E-state index contributed by atoms with van der Waals surface area (Å²) < 4.78 is 0. The molecule has 0 radical (unpaired) electrons. The van der Waals surface area contributed by atoms with Gasteiger partial charge >= 0.3 is 0 Å². The number of amides is 2. The maximum Gasteiger partial charge on any atom is 0.242 e. The van der Waals surface area contributed by atoms with E-state index in [0.29, 0.717) is 20.6 Å². The van der Waals surface area contributed by atoms with Crippen LogP contribution >= 0.6 is 34.8 Å². The Bertz CT molecular complexity index is 874. The van der Waals surface area contributed by atoms with Crippen LogP contribution in [-0.2, 0) is 22.6 Å². The zero-order chi connectivity index (χ0) is 21.8. The number of rotatable bonds is 6. The van der Waals surface area contributed by atoms with Gasteiger partial charge in [-0.25, -0.2) is 0 Å². The molecule has 0 bridgehead atoms. The van der Waals surface area contributed by atoms with E-state index in [2.05, 4.69) is 5.32 Å². The van der Waals surface area contributed by atoms with Gasteiger partial charge in [-0.2, -0.15) is 0 Å². The molecule has 7 heteroatoms. The molecule has 2 aromatic carbocycles. The van der Waals surface area contributed by atoms with Crippen molar-refractivity contribution < 1.29 is 9.59 Å². The van der Waals surface area contributed by atoms with E-state index in [1.54, 1.807) is 43.3 Å². The molecule has 0 unspecified atom stereocenters. The third-order valence-electron chi connectivity index (χ3n) is 4.30. The van der Waals surface area contributed by atoms with Crippen molar-refractivity contribution in [1.82, 2.24) is 10.2 Å². The summed E-state index contributed by atoms with van der Waals surface area (Å²) in [5.41, 5.74) is 0.946. The normalized spacial score (nSPS) is 12.4. The van der Waals surface area contributed by atoms with Crippen LogP contribution in [0.2, 0.25) is 15.1 Å². The van der Waals surface area contributed by atoms with Gasteiger partial charge < -0.3 is 10.2 Å². The van der Waals surface area contributed by atoms with E-state index >= 15 is 0 Å². The first-order chi connectivity index (χ1) is 13.5. The van der Waals surface area contributed by atoms with Crippen molar-refractivity contribution in [2.24, 2.45) is 0 Å². The lowest BCUT2D eigenvalue weighted by molar-refractivity contribution is -0.140. The van der Waals surface area contributed by atoms with E-state index < -0.39 is 11.6 Å². The maximum atomic E-state index is 13.2. The number of nitrogens with zero attached hydrogens (tertiary/aromatic N) is 1. The first kappa shape index (κ1) is 23.5. The minimum Gasteiger partial charge on any atom is -0.350 e. The Balaban J connectivity index is 2.33. The van der Waals surface area contributed by atoms with E-state index in [4.69, 9.17) is 34.8 Å². The van der Waals surface area contributed by atoms with Crippen LogP contribution in [0.15, 0.2) is 42.5 Å². The molecule has 4 nitrogen and oxygen atoms in total. The summed E-state index contributed by atoms with van der Waals surface area (Å²) >= 11 is 18.7. The predicted molar refractivity (Wildman–Crippen MR) is 120 cm³/mol. The van der Waals surface area contributed by atoms with E-state index in [0.717, 1.165) is 5.56 Å². The summed E-state index contributed by atoms with van der Waals surface area (Å²) in [5.74, 6) is -0.472. The third kappa shape index (κ3) is 6.91. The molecule has 0 fully saturated rings. The van der Waals surface area contributed by atoms with Crippen LogP contribution in [0, 0.1) is 0 Å². The molecule has 2 aromatic rings. The topological polar surface area (TPSA) is 49.4 Å². The van der Waals surface area contributed by atoms with Crippen LogP contribution in [0.4, 0.5) is 0 Å². The number of halogens is 3. The Morgan fingerprint density at radius 1 is 1.03 bits per heavy atom. The molecule has 0 saturated heterocycles. The second-order valence-corrected chi connectivity index (χ2v) is 9.19. The molecule has 0 heterocycles. The number of carbonyl (C=O) groups is 2. The fraction of sp³-hybridized carbons (Fsp3) is 0.364. The molecule has 1 atom stereocenters. The van der Waals surface area contributed by atoms with E-state index in [9.17, 15) is 9.59 Å². The van der Waals surface area contributed by atoms with Crippen molar-refractivity contribution in [3.63, 3.8) is 0 Å². The fourth-order valence-corrected chi connectivity index (χ4v) is 3.56. The highest BCUT2D eigenvalue weighted by atomic mass is 35.5. The zero-order valence-electron chi connectivity index (χ0n) is 16.9. The molecule has 0 aliphatic rings. The van der Waals surface area contributed by atoms with E-state index in [1.165, 1.54) is 4.90 Å². The first-order valence-corrected chi connectivity index (χ1v) is 10.4. The zero-order valence-corrected chi connectivity index (χ0v) is 19.2. The molecule has 2 rings (SSSR count). The van der Waals surface area contributed by atoms with Crippen LogP contribution < -0.4 is 5.32 Å². The molecule has 0 spiro atoms. The quantitative estimate of drug-likeness (QED) is 0.623. The molecule has 0 saturated carbocycles.